The second-order valence-electron chi connectivity index (χ2n) is 8.56. The van der Waals surface area contributed by atoms with Gasteiger partial charge in [0.15, 0.2) is 0 Å². The number of likely N-dealkylation sites (tertiary alicyclic amines) is 1. The van der Waals surface area contributed by atoms with Gasteiger partial charge in [0.05, 0.1) is 14.2 Å². The van der Waals surface area contributed by atoms with Crippen molar-refractivity contribution in [1.29, 1.82) is 0 Å². The second-order valence-corrected chi connectivity index (χ2v) is 8.99. The number of aromatic nitrogens is 2. The zero-order chi connectivity index (χ0) is 24.9. The predicted molar refractivity (Wildman–Crippen MR) is 133 cm³/mol. The lowest BCUT2D eigenvalue weighted by Gasteiger charge is -2.32. The first-order valence-corrected chi connectivity index (χ1v) is 11.8. The van der Waals surface area contributed by atoms with Crippen LogP contribution in [0.5, 0.6) is 11.5 Å². The number of ether oxygens (including phenoxy) is 2. The summed E-state index contributed by atoms with van der Waals surface area (Å²) >= 11 is 5.93. The Morgan fingerprint density at radius 2 is 1.69 bits per heavy atom. The van der Waals surface area contributed by atoms with Crippen molar-refractivity contribution in [3.8, 4) is 11.5 Å². The highest BCUT2D eigenvalue weighted by Gasteiger charge is 2.31. The summed E-state index contributed by atoms with van der Waals surface area (Å²) in [5.41, 5.74) is 1.40. The Kier molecular flexibility index (Phi) is 7.60. The number of amides is 2. The molecule has 1 fully saturated rings. The highest BCUT2D eigenvalue weighted by atomic mass is 35.5. The van der Waals surface area contributed by atoms with Crippen LogP contribution < -0.4 is 14.8 Å². The van der Waals surface area contributed by atoms with E-state index >= 15 is 0 Å². The fraction of sp³-hybridized carbons (Fsp3) is 0.346. The fourth-order valence-corrected chi connectivity index (χ4v) is 4.45. The molecule has 1 aromatic heterocycles. The maximum atomic E-state index is 13.4. The van der Waals surface area contributed by atoms with Gasteiger partial charge in [-0.05, 0) is 54.8 Å². The molecule has 0 unspecified atom stereocenters. The molecular weight excluding hydrogens is 468 g/mol. The lowest BCUT2D eigenvalue weighted by molar-refractivity contribution is -0.126. The molecule has 184 valence electrons. The first kappa shape index (κ1) is 24.6. The molecule has 9 heteroatoms. The maximum Gasteiger partial charge on any atom is 0.253 e. The van der Waals surface area contributed by atoms with Gasteiger partial charge in [0, 0.05) is 55.1 Å². The molecule has 0 aliphatic carbocycles. The van der Waals surface area contributed by atoms with Crippen LogP contribution in [0.15, 0.2) is 54.9 Å². The largest absolute Gasteiger partial charge is 0.497 e. The van der Waals surface area contributed by atoms with Gasteiger partial charge < -0.3 is 24.3 Å². The van der Waals surface area contributed by atoms with Crippen molar-refractivity contribution in [2.24, 2.45) is 13.0 Å². The van der Waals surface area contributed by atoms with E-state index in [-0.39, 0.29) is 17.7 Å². The first-order chi connectivity index (χ1) is 16.9. The summed E-state index contributed by atoms with van der Waals surface area (Å²) in [4.78, 5) is 32.4. The van der Waals surface area contributed by atoms with Gasteiger partial charge in [-0.1, -0.05) is 11.6 Å². The van der Waals surface area contributed by atoms with Gasteiger partial charge in [0.1, 0.15) is 23.4 Å². The van der Waals surface area contributed by atoms with E-state index in [9.17, 15) is 9.59 Å². The Balaban J connectivity index is 1.48. The van der Waals surface area contributed by atoms with Crippen molar-refractivity contribution in [3.63, 3.8) is 0 Å². The molecule has 1 atom stereocenters. The third kappa shape index (κ3) is 5.59. The number of halogens is 1. The Bertz CT molecular complexity index is 1160. The molecule has 0 spiro atoms. The van der Waals surface area contributed by atoms with Crippen molar-refractivity contribution in [1.82, 2.24) is 19.8 Å². The van der Waals surface area contributed by atoms with Crippen LogP contribution in [0.3, 0.4) is 0 Å². The zero-order valence-corrected chi connectivity index (χ0v) is 20.8. The number of rotatable bonds is 7. The first-order valence-electron chi connectivity index (χ1n) is 11.4. The van der Waals surface area contributed by atoms with Crippen molar-refractivity contribution >= 4 is 23.4 Å². The highest BCUT2D eigenvalue weighted by Crippen LogP contribution is 2.30. The molecule has 0 saturated carbocycles. The number of carbonyl (C=O) groups excluding carboxylic acids is 2. The van der Waals surface area contributed by atoms with Crippen molar-refractivity contribution < 1.29 is 19.1 Å². The van der Waals surface area contributed by atoms with Crippen molar-refractivity contribution in [2.45, 2.75) is 18.9 Å². The minimum Gasteiger partial charge on any atom is -0.497 e. The summed E-state index contributed by atoms with van der Waals surface area (Å²) in [7, 11) is 5.07. The summed E-state index contributed by atoms with van der Waals surface area (Å²) in [6.07, 6.45) is 4.71. The molecule has 1 N–H and O–H groups in total. The van der Waals surface area contributed by atoms with Crippen LogP contribution in [0, 0.1) is 5.92 Å². The number of piperidine rings is 1. The van der Waals surface area contributed by atoms with Gasteiger partial charge in [-0.2, -0.15) is 0 Å². The van der Waals surface area contributed by atoms with Crippen LogP contribution in [0.1, 0.15) is 40.6 Å². The van der Waals surface area contributed by atoms with E-state index in [1.165, 1.54) is 0 Å². The lowest BCUT2D eigenvalue weighted by Crippen LogP contribution is -2.44. The van der Waals surface area contributed by atoms with Gasteiger partial charge in [-0.3, -0.25) is 9.59 Å². The molecule has 8 nitrogen and oxygen atoms in total. The van der Waals surface area contributed by atoms with Crippen LogP contribution in [0.4, 0.5) is 0 Å². The van der Waals surface area contributed by atoms with E-state index in [2.05, 4.69) is 10.3 Å². The average Bonchev–Trinajstić information content (AvgIpc) is 3.32. The topological polar surface area (TPSA) is 85.7 Å². The molecule has 1 aliphatic rings. The smallest absolute Gasteiger partial charge is 0.253 e. The van der Waals surface area contributed by atoms with E-state index < -0.39 is 6.04 Å². The van der Waals surface area contributed by atoms with Gasteiger partial charge in [0.2, 0.25) is 5.91 Å². The quantitative estimate of drug-likeness (QED) is 0.537. The molecule has 3 aromatic rings. The van der Waals surface area contributed by atoms with Crippen LogP contribution >= 0.6 is 11.6 Å². The molecular formula is C26H29ClN4O4. The van der Waals surface area contributed by atoms with Crippen LogP contribution in [0.25, 0.3) is 0 Å². The third-order valence-electron chi connectivity index (χ3n) is 6.35. The Morgan fingerprint density at radius 1 is 1.06 bits per heavy atom. The zero-order valence-electron chi connectivity index (χ0n) is 20.0. The van der Waals surface area contributed by atoms with Gasteiger partial charge in [-0.25, -0.2) is 4.98 Å². The van der Waals surface area contributed by atoms with Crippen LogP contribution in [0.2, 0.25) is 5.02 Å². The predicted octanol–water partition coefficient (Wildman–Crippen LogP) is 3.85. The fourth-order valence-electron chi connectivity index (χ4n) is 4.33. The van der Waals surface area contributed by atoms with Gasteiger partial charge in [-0.15, -0.1) is 0 Å². The highest BCUT2D eigenvalue weighted by molar-refractivity contribution is 6.30. The number of methoxy groups -OCH3 is 2. The number of benzene rings is 2. The summed E-state index contributed by atoms with van der Waals surface area (Å²) in [6.45, 7) is 1.03. The monoisotopic (exact) mass is 496 g/mol. The number of carbonyl (C=O) groups is 2. The van der Waals surface area contributed by atoms with E-state index in [0.29, 0.717) is 53.8 Å². The number of nitrogens with one attached hydrogen (secondary N) is 1. The lowest BCUT2D eigenvalue weighted by atomic mass is 9.94. The molecule has 2 heterocycles. The minimum absolute atomic E-state index is 0.0464. The second kappa shape index (κ2) is 10.8. The summed E-state index contributed by atoms with van der Waals surface area (Å²) in [5, 5.41) is 3.77. The molecule has 35 heavy (non-hydrogen) atoms. The third-order valence-corrected chi connectivity index (χ3v) is 6.61. The van der Waals surface area contributed by atoms with Gasteiger partial charge in [0.25, 0.3) is 5.91 Å². The summed E-state index contributed by atoms with van der Waals surface area (Å²) in [6, 6.07) is 11.9. The standard InChI is InChI=1S/C26H29ClN4O4/c1-30-13-10-28-24(30)23(19-14-21(34-2)16-22(15-19)35-3)29-25(32)17-8-11-31(12-9-17)26(33)18-4-6-20(27)7-5-18/h4-7,10,13-17,23H,8-9,11-12H2,1-3H3,(H,29,32)/t23-/m0/s1. The molecule has 0 radical (unpaired) electrons. The van der Waals surface area contributed by atoms with Crippen LogP contribution in [-0.2, 0) is 11.8 Å². The van der Waals surface area contributed by atoms with Crippen molar-refractivity contribution in [2.75, 3.05) is 27.3 Å². The maximum absolute atomic E-state index is 13.4. The Labute approximate surface area is 209 Å². The van der Waals surface area contributed by atoms with Crippen molar-refractivity contribution in [3.05, 3.63) is 76.8 Å². The number of imidazole rings is 1. The molecule has 4 rings (SSSR count). The van der Waals surface area contributed by atoms with Gasteiger partial charge >= 0.3 is 0 Å². The molecule has 2 aromatic carbocycles. The number of nitrogens with zero attached hydrogens (tertiary/aromatic N) is 3. The Hall–Kier alpha value is -3.52. The van der Waals surface area contributed by atoms with E-state index in [1.54, 1.807) is 55.6 Å². The van der Waals surface area contributed by atoms with Crippen LogP contribution in [-0.4, -0.2) is 53.6 Å². The molecule has 1 aliphatic heterocycles. The summed E-state index contributed by atoms with van der Waals surface area (Å²) in [5.74, 6) is 1.63. The van der Waals surface area contributed by atoms with E-state index in [0.717, 1.165) is 5.56 Å². The number of hydrogen-bond donors (Lipinski definition) is 1. The Morgan fingerprint density at radius 3 is 2.23 bits per heavy atom. The van der Waals surface area contributed by atoms with E-state index in [4.69, 9.17) is 21.1 Å². The summed E-state index contributed by atoms with van der Waals surface area (Å²) < 4.78 is 12.7. The SMILES string of the molecule is COc1cc(OC)cc([C@H](NC(=O)C2CCN(C(=O)c3ccc(Cl)cc3)CC2)c2nccn2C)c1. The van der Waals surface area contributed by atoms with E-state index in [1.807, 2.05) is 29.9 Å². The molecule has 1 saturated heterocycles. The minimum atomic E-state index is -0.486. The number of hydrogen-bond acceptors (Lipinski definition) is 5. The molecule has 0 bridgehead atoms. The molecule has 2 amide bonds. The number of aryl methyl sites for hydroxylation is 1. The average molecular weight is 497 g/mol. The normalized spacial score (nSPS) is 14.9.